The Labute approximate surface area is 180 Å². The summed E-state index contributed by atoms with van der Waals surface area (Å²) in [5.41, 5.74) is 4.87. The largest absolute Gasteiger partial charge is 0.337 e. The van der Waals surface area contributed by atoms with E-state index in [2.05, 4.69) is 27.5 Å². The van der Waals surface area contributed by atoms with Gasteiger partial charge in [-0.25, -0.2) is 0 Å². The van der Waals surface area contributed by atoms with E-state index in [1.165, 1.54) is 0 Å². The first-order chi connectivity index (χ1) is 15.1. The number of carbonyl (C=O) groups is 2. The molecule has 0 spiro atoms. The summed E-state index contributed by atoms with van der Waals surface area (Å²) in [6.07, 6.45) is 5.24. The van der Waals surface area contributed by atoms with Crippen LogP contribution in [0.4, 0.5) is 5.69 Å². The fraction of sp³-hybridized carbons (Fsp3) is 0.208. The first-order valence-corrected chi connectivity index (χ1v) is 10.3. The van der Waals surface area contributed by atoms with Crippen molar-refractivity contribution >= 4 is 46.1 Å². The van der Waals surface area contributed by atoms with Crippen LogP contribution in [0.3, 0.4) is 0 Å². The van der Waals surface area contributed by atoms with Crippen molar-refractivity contribution in [3.8, 4) is 0 Å². The topological polar surface area (TPSA) is 81.3 Å². The summed E-state index contributed by atoms with van der Waals surface area (Å²) < 4.78 is 0. The van der Waals surface area contributed by atoms with Gasteiger partial charge in [0, 0.05) is 54.5 Å². The van der Waals surface area contributed by atoms with Crippen LogP contribution in [0.2, 0.25) is 0 Å². The molecule has 0 bridgehead atoms. The number of carbonyl (C=O) groups excluding carboxylic acids is 2. The molecule has 5 rings (SSSR count). The molecule has 1 fully saturated rings. The fourth-order valence-electron chi connectivity index (χ4n) is 4.01. The minimum atomic E-state index is -0.100. The number of fused-ring (bicyclic) bond motifs is 2. The Morgan fingerprint density at radius 3 is 2.74 bits per heavy atom. The van der Waals surface area contributed by atoms with Gasteiger partial charge in [-0.05, 0) is 43.0 Å². The highest BCUT2D eigenvalue weighted by molar-refractivity contribution is 6.34. The molecule has 1 aromatic heterocycles. The number of H-pyrrole nitrogens is 1. The quantitative estimate of drug-likeness (QED) is 0.647. The number of nitrogens with one attached hydrogen (secondary N) is 2. The number of para-hydroxylation sites is 1. The number of nitrogens with zero attached hydrogens (tertiary/aromatic N) is 3. The molecule has 0 atom stereocenters. The van der Waals surface area contributed by atoms with Crippen LogP contribution in [0.5, 0.6) is 0 Å². The molecule has 0 saturated carbocycles. The molecule has 2 amide bonds. The lowest BCUT2D eigenvalue weighted by molar-refractivity contribution is -0.127. The second kappa shape index (κ2) is 7.85. The number of aromatic nitrogens is 2. The maximum atomic E-state index is 12.5. The van der Waals surface area contributed by atoms with E-state index in [9.17, 15) is 9.59 Å². The predicted molar refractivity (Wildman–Crippen MR) is 122 cm³/mol. The lowest BCUT2D eigenvalue weighted by Gasteiger charge is -2.31. The summed E-state index contributed by atoms with van der Waals surface area (Å²) in [5, 5.41) is 11.2. The van der Waals surface area contributed by atoms with Crippen LogP contribution >= 0.6 is 0 Å². The molecule has 31 heavy (non-hydrogen) atoms. The fourth-order valence-corrected chi connectivity index (χ4v) is 4.01. The van der Waals surface area contributed by atoms with Gasteiger partial charge in [-0.3, -0.25) is 14.7 Å². The molecule has 156 valence electrons. The van der Waals surface area contributed by atoms with Crippen molar-refractivity contribution in [2.24, 2.45) is 0 Å². The van der Waals surface area contributed by atoms with Crippen molar-refractivity contribution in [1.29, 1.82) is 0 Å². The molecule has 7 nitrogen and oxygen atoms in total. The summed E-state index contributed by atoms with van der Waals surface area (Å²) in [7, 11) is 2.07. The lowest BCUT2D eigenvalue weighted by Crippen LogP contribution is -2.46. The Morgan fingerprint density at radius 1 is 1.10 bits per heavy atom. The first kappa shape index (κ1) is 19.3. The Bertz CT molecular complexity index is 1230. The SMILES string of the molecule is CN1CCN(C(=O)/C=C/c2n[nH]c3cc(/C=C4/C(=O)Nc5ccccc54)ccc23)CC1. The van der Waals surface area contributed by atoms with Crippen molar-refractivity contribution in [2.75, 3.05) is 38.5 Å². The van der Waals surface area contributed by atoms with Gasteiger partial charge in [-0.1, -0.05) is 24.3 Å². The average Bonchev–Trinajstić information content (AvgIpc) is 3.33. The van der Waals surface area contributed by atoms with Crippen LogP contribution in [0, 0.1) is 0 Å². The van der Waals surface area contributed by atoms with E-state index >= 15 is 0 Å². The Kier molecular flexibility index (Phi) is 4.88. The highest BCUT2D eigenvalue weighted by atomic mass is 16.2. The number of rotatable bonds is 3. The maximum Gasteiger partial charge on any atom is 0.256 e. The number of aromatic amines is 1. The number of anilines is 1. The summed E-state index contributed by atoms with van der Waals surface area (Å²) in [5.74, 6) is -0.0894. The monoisotopic (exact) mass is 413 g/mol. The van der Waals surface area contributed by atoms with Gasteiger partial charge in [0.05, 0.1) is 11.2 Å². The molecule has 7 heteroatoms. The molecule has 2 aliphatic heterocycles. The summed E-state index contributed by atoms with van der Waals surface area (Å²) in [4.78, 5) is 28.9. The number of likely N-dealkylation sites (N-methyl/N-ethyl adjacent to an activating group) is 1. The molecule has 2 aliphatic rings. The average molecular weight is 413 g/mol. The Balaban J connectivity index is 1.37. The van der Waals surface area contributed by atoms with Gasteiger partial charge in [-0.2, -0.15) is 5.10 Å². The third kappa shape index (κ3) is 3.75. The molecule has 2 N–H and O–H groups in total. The highest BCUT2D eigenvalue weighted by Gasteiger charge is 2.23. The van der Waals surface area contributed by atoms with Crippen LogP contribution in [-0.4, -0.2) is 65.0 Å². The predicted octanol–water partition coefficient (Wildman–Crippen LogP) is 2.84. The van der Waals surface area contributed by atoms with E-state index < -0.39 is 0 Å². The standard InChI is InChI=1S/C24H23N5O2/c1-28-10-12-29(13-11-28)23(30)9-8-21-18-7-6-16(15-22(18)27-26-21)14-19-17-4-2-3-5-20(17)25-24(19)31/h2-9,14-15H,10-13H2,1H3,(H,25,31)(H,26,27)/b9-8+,19-14+. The third-order valence-electron chi connectivity index (χ3n) is 5.84. The summed E-state index contributed by atoms with van der Waals surface area (Å²) in [6, 6.07) is 13.5. The van der Waals surface area contributed by atoms with Gasteiger partial charge in [0.2, 0.25) is 5.91 Å². The number of hydrogen-bond acceptors (Lipinski definition) is 4. The van der Waals surface area contributed by atoms with Crippen LogP contribution in [0.15, 0.2) is 48.5 Å². The van der Waals surface area contributed by atoms with Gasteiger partial charge in [0.15, 0.2) is 0 Å². The van der Waals surface area contributed by atoms with Crippen LogP contribution in [-0.2, 0) is 9.59 Å². The molecule has 0 unspecified atom stereocenters. The zero-order valence-electron chi connectivity index (χ0n) is 17.3. The Morgan fingerprint density at radius 2 is 1.90 bits per heavy atom. The molecular weight excluding hydrogens is 390 g/mol. The molecule has 3 heterocycles. The number of piperazine rings is 1. The summed E-state index contributed by atoms with van der Waals surface area (Å²) >= 11 is 0. The zero-order chi connectivity index (χ0) is 21.4. The molecule has 2 aromatic carbocycles. The van der Waals surface area contributed by atoms with Gasteiger partial charge in [0.1, 0.15) is 0 Å². The Hall–Kier alpha value is -3.71. The van der Waals surface area contributed by atoms with Crippen LogP contribution in [0.25, 0.3) is 28.6 Å². The van der Waals surface area contributed by atoms with Crippen LogP contribution in [0.1, 0.15) is 16.8 Å². The van der Waals surface area contributed by atoms with Gasteiger partial charge in [0.25, 0.3) is 5.91 Å². The smallest absolute Gasteiger partial charge is 0.256 e. The van der Waals surface area contributed by atoms with Gasteiger partial charge < -0.3 is 15.1 Å². The minimum Gasteiger partial charge on any atom is -0.337 e. The van der Waals surface area contributed by atoms with E-state index in [4.69, 9.17) is 0 Å². The molecule has 1 saturated heterocycles. The van der Waals surface area contributed by atoms with Gasteiger partial charge >= 0.3 is 0 Å². The molecule has 0 aliphatic carbocycles. The van der Waals surface area contributed by atoms with Crippen molar-refractivity contribution in [3.05, 3.63) is 65.4 Å². The second-order valence-corrected chi connectivity index (χ2v) is 7.93. The van der Waals surface area contributed by atoms with Crippen molar-refractivity contribution in [3.63, 3.8) is 0 Å². The van der Waals surface area contributed by atoms with Crippen molar-refractivity contribution in [2.45, 2.75) is 0 Å². The van der Waals surface area contributed by atoms with Crippen molar-refractivity contribution in [1.82, 2.24) is 20.0 Å². The maximum absolute atomic E-state index is 12.5. The molecule has 0 radical (unpaired) electrons. The van der Waals surface area contributed by atoms with Gasteiger partial charge in [-0.15, -0.1) is 0 Å². The first-order valence-electron chi connectivity index (χ1n) is 10.3. The van der Waals surface area contributed by atoms with Crippen LogP contribution < -0.4 is 5.32 Å². The number of benzene rings is 2. The van der Waals surface area contributed by atoms with E-state index in [1.54, 1.807) is 12.2 Å². The number of amides is 2. The normalized spacial score (nSPS) is 18.2. The second-order valence-electron chi connectivity index (χ2n) is 7.93. The molecule has 3 aromatic rings. The minimum absolute atomic E-state index is 0.0107. The van der Waals surface area contributed by atoms with E-state index in [-0.39, 0.29) is 11.8 Å². The van der Waals surface area contributed by atoms with E-state index in [0.29, 0.717) is 5.57 Å². The molecular formula is C24H23N5O2. The van der Waals surface area contributed by atoms with E-state index in [1.807, 2.05) is 53.4 Å². The van der Waals surface area contributed by atoms with Crippen molar-refractivity contribution < 1.29 is 9.59 Å². The summed E-state index contributed by atoms with van der Waals surface area (Å²) in [6.45, 7) is 3.28. The van der Waals surface area contributed by atoms with E-state index in [0.717, 1.165) is 59.6 Å². The zero-order valence-corrected chi connectivity index (χ0v) is 17.3. The highest BCUT2D eigenvalue weighted by Crippen LogP contribution is 2.33. The lowest BCUT2D eigenvalue weighted by atomic mass is 10.0. The third-order valence-corrected chi connectivity index (χ3v) is 5.84. The number of hydrogen-bond donors (Lipinski definition) is 2.